The Morgan fingerprint density at radius 2 is 1.60 bits per heavy atom. The number of oxazole rings is 1. The second-order valence-electron chi connectivity index (χ2n) is 7.18. The maximum atomic E-state index is 5.96. The second kappa shape index (κ2) is 9.33. The summed E-state index contributed by atoms with van der Waals surface area (Å²) in [6.45, 7) is 7.64. The van der Waals surface area contributed by atoms with E-state index in [0.29, 0.717) is 16.7 Å². The van der Waals surface area contributed by atoms with Crippen LogP contribution in [0.5, 0.6) is 11.5 Å². The van der Waals surface area contributed by atoms with Crippen LogP contribution in [0, 0.1) is 0 Å². The fraction of sp³-hybridized carbons (Fsp3) is 0.240. The van der Waals surface area contributed by atoms with Gasteiger partial charge in [0.05, 0.1) is 0 Å². The van der Waals surface area contributed by atoms with Crippen molar-refractivity contribution in [2.24, 2.45) is 0 Å². The summed E-state index contributed by atoms with van der Waals surface area (Å²) >= 11 is 5.93. The smallest absolute Gasteiger partial charge is 0.227 e. The van der Waals surface area contributed by atoms with Gasteiger partial charge in [-0.2, -0.15) is 0 Å². The van der Waals surface area contributed by atoms with Crippen molar-refractivity contribution in [1.82, 2.24) is 9.88 Å². The highest BCUT2D eigenvalue weighted by Gasteiger charge is 2.10. The zero-order valence-electron chi connectivity index (χ0n) is 17.3. The first-order valence-corrected chi connectivity index (χ1v) is 10.7. The van der Waals surface area contributed by atoms with Gasteiger partial charge in [-0.25, -0.2) is 4.98 Å². The Morgan fingerprint density at radius 1 is 0.900 bits per heavy atom. The zero-order valence-corrected chi connectivity index (χ0v) is 18.0. The summed E-state index contributed by atoms with van der Waals surface area (Å²) < 4.78 is 11.8. The summed E-state index contributed by atoms with van der Waals surface area (Å²) in [6.07, 6.45) is 1.04. The summed E-state index contributed by atoms with van der Waals surface area (Å²) in [4.78, 5) is 7.08. The van der Waals surface area contributed by atoms with Crippen LogP contribution in [0.3, 0.4) is 0 Å². The molecule has 5 heteroatoms. The normalized spacial score (nSPS) is 11.3. The van der Waals surface area contributed by atoms with Crippen LogP contribution in [0.25, 0.3) is 22.6 Å². The predicted octanol–water partition coefficient (Wildman–Crippen LogP) is 6.82. The van der Waals surface area contributed by atoms with Crippen molar-refractivity contribution >= 4 is 22.7 Å². The van der Waals surface area contributed by atoms with Gasteiger partial charge >= 0.3 is 0 Å². The van der Waals surface area contributed by atoms with Crippen LogP contribution in [-0.4, -0.2) is 29.5 Å². The van der Waals surface area contributed by atoms with E-state index >= 15 is 0 Å². The summed E-state index contributed by atoms with van der Waals surface area (Å²) in [5.74, 6) is 2.04. The number of hydrogen-bond donors (Lipinski definition) is 0. The first-order valence-electron chi connectivity index (χ1n) is 10.3. The molecule has 0 saturated carbocycles. The molecule has 4 nitrogen and oxygen atoms in total. The molecule has 154 valence electrons. The lowest BCUT2D eigenvalue weighted by atomic mass is 10.1. The minimum atomic E-state index is 0.615. The number of fused-ring (bicyclic) bond motifs is 1. The van der Waals surface area contributed by atoms with Gasteiger partial charge in [0, 0.05) is 23.2 Å². The molecular formula is C25H25ClN2O2. The molecule has 0 aliphatic heterocycles. The molecule has 0 atom stereocenters. The molecule has 1 aromatic heterocycles. The SMILES string of the molecule is CCN(CC)CCc1ccc(-c2nc3cc(Oc4ccc(Cl)cc4)ccc3o2)cc1. The summed E-state index contributed by atoms with van der Waals surface area (Å²) in [5, 5.41) is 0.679. The number of benzene rings is 3. The van der Waals surface area contributed by atoms with Gasteiger partial charge in [-0.05, 0) is 73.6 Å². The largest absolute Gasteiger partial charge is 0.457 e. The van der Waals surface area contributed by atoms with Crippen molar-refractivity contribution < 1.29 is 9.15 Å². The summed E-state index contributed by atoms with van der Waals surface area (Å²) in [5.41, 5.74) is 3.79. The number of ether oxygens (including phenoxy) is 1. The number of likely N-dealkylation sites (N-methyl/N-ethyl adjacent to an activating group) is 1. The van der Waals surface area contributed by atoms with Crippen molar-refractivity contribution in [2.75, 3.05) is 19.6 Å². The molecule has 0 N–H and O–H groups in total. The van der Waals surface area contributed by atoms with Crippen molar-refractivity contribution in [1.29, 1.82) is 0 Å². The molecule has 0 radical (unpaired) electrons. The highest BCUT2D eigenvalue weighted by molar-refractivity contribution is 6.30. The third kappa shape index (κ3) is 4.84. The van der Waals surface area contributed by atoms with Gasteiger partial charge in [-0.15, -0.1) is 0 Å². The molecule has 0 saturated heterocycles. The van der Waals surface area contributed by atoms with Crippen LogP contribution in [-0.2, 0) is 6.42 Å². The standard InChI is InChI=1S/C25H25ClN2O2/c1-3-28(4-2)16-15-18-5-7-19(8-6-18)25-27-23-17-22(13-14-24(23)30-25)29-21-11-9-20(26)10-12-21/h5-14,17H,3-4,15-16H2,1-2H3. The number of aromatic nitrogens is 1. The third-order valence-corrected chi connectivity index (χ3v) is 5.47. The zero-order chi connectivity index (χ0) is 20.9. The Hall–Kier alpha value is -2.82. The van der Waals surface area contributed by atoms with E-state index in [9.17, 15) is 0 Å². The number of hydrogen-bond acceptors (Lipinski definition) is 4. The number of halogens is 1. The predicted molar refractivity (Wildman–Crippen MR) is 122 cm³/mol. The average molecular weight is 421 g/mol. The molecule has 4 aromatic rings. The Kier molecular flexibility index (Phi) is 6.36. The maximum Gasteiger partial charge on any atom is 0.227 e. The van der Waals surface area contributed by atoms with E-state index in [0.717, 1.165) is 48.5 Å². The molecule has 0 spiro atoms. The van der Waals surface area contributed by atoms with Gasteiger partial charge in [0.2, 0.25) is 5.89 Å². The molecule has 0 unspecified atom stereocenters. The van der Waals surface area contributed by atoms with E-state index in [2.05, 4.69) is 48.0 Å². The quantitative estimate of drug-likeness (QED) is 0.313. The molecule has 4 rings (SSSR count). The van der Waals surface area contributed by atoms with Crippen molar-refractivity contribution in [3.05, 3.63) is 77.3 Å². The van der Waals surface area contributed by atoms with Gasteiger partial charge in [-0.3, -0.25) is 0 Å². The lowest BCUT2D eigenvalue weighted by Gasteiger charge is -2.17. The van der Waals surface area contributed by atoms with Gasteiger partial charge < -0.3 is 14.1 Å². The van der Waals surface area contributed by atoms with Crippen LogP contribution < -0.4 is 4.74 Å². The molecule has 0 aliphatic rings. The molecule has 30 heavy (non-hydrogen) atoms. The van der Waals surface area contributed by atoms with E-state index < -0.39 is 0 Å². The summed E-state index contributed by atoms with van der Waals surface area (Å²) in [6, 6.07) is 21.4. The van der Waals surface area contributed by atoms with E-state index in [1.165, 1.54) is 5.56 Å². The van der Waals surface area contributed by atoms with Crippen molar-refractivity contribution in [3.63, 3.8) is 0 Å². The van der Waals surface area contributed by atoms with Crippen LogP contribution in [0.4, 0.5) is 0 Å². The summed E-state index contributed by atoms with van der Waals surface area (Å²) in [7, 11) is 0. The Balaban J connectivity index is 1.48. The van der Waals surface area contributed by atoms with Crippen LogP contribution in [0.1, 0.15) is 19.4 Å². The van der Waals surface area contributed by atoms with Gasteiger partial charge in [0.25, 0.3) is 0 Å². The van der Waals surface area contributed by atoms with Gasteiger partial charge in [0.15, 0.2) is 5.58 Å². The average Bonchev–Trinajstić information content (AvgIpc) is 3.20. The lowest BCUT2D eigenvalue weighted by molar-refractivity contribution is 0.308. The minimum Gasteiger partial charge on any atom is -0.457 e. The maximum absolute atomic E-state index is 5.96. The van der Waals surface area contributed by atoms with Crippen LogP contribution in [0.2, 0.25) is 5.02 Å². The first kappa shape index (κ1) is 20.5. The highest BCUT2D eigenvalue weighted by atomic mass is 35.5. The third-order valence-electron chi connectivity index (χ3n) is 5.22. The van der Waals surface area contributed by atoms with Crippen molar-refractivity contribution in [2.45, 2.75) is 20.3 Å². The number of nitrogens with zero attached hydrogens (tertiary/aromatic N) is 2. The molecule has 1 heterocycles. The molecular weight excluding hydrogens is 396 g/mol. The van der Waals surface area contributed by atoms with E-state index in [1.54, 1.807) is 12.1 Å². The second-order valence-corrected chi connectivity index (χ2v) is 7.61. The fourth-order valence-corrected chi connectivity index (χ4v) is 3.50. The van der Waals surface area contributed by atoms with Crippen molar-refractivity contribution in [3.8, 4) is 23.0 Å². The van der Waals surface area contributed by atoms with Crippen LogP contribution in [0.15, 0.2) is 71.1 Å². The minimum absolute atomic E-state index is 0.615. The van der Waals surface area contributed by atoms with Gasteiger partial charge in [-0.1, -0.05) is 37.6 Å². The molecule has 3 aromatic carbocycles. The van der Waals surface area contributed by atoms with Crippen LogP contribution >= 0.6 is 11.6 Å². The lowest BCUT2D eigenvalue weighted by Crippen LogP contribution is -2.25. The Labute approximate surface area is 182 Å². The monoisotopic (exact) mass is 420 g/mol. The topological polar surface area (TPSA) is 38.5 Å². The molecule has 0 aliphatic carbocycles. The van der Waals surface area contributed by atoms with E-state index in [1.807, 2.05) is 30.3 Å². The van der Waals surface area contributed by atoms with Gasteiger partial charge in [0.1, 0.15) is 17.0 Å². The Morgan fingerprint density at radius 3 is 2.30 bits per heavy atom. The molecule has 0 amide bonds. The Bertz CT molecular complexity index is 1100. The molecule has 0 fully saturated rings. The van der Waals surface area contributed by atoms with E-state index in [-0.39, 0.29) is 0 Å². The number of rotatable bonds is 8. The highest BCUT2D eigenvalue weighted by Crippen LogP contribution is 2.29. The molecule has 0 bridgehead atoms. The van der Waals surface area contributed by atoms with E-state index in [4.69, 9.17) is 20.8 Å². The fourth-order valence-electron chi connectivity index (χ4n) is 3.37. The first-order chi connectivity index (χ1) is 14.6.